The highest BCUT2D eigenvalue weighted by atomic mass is 32.1. The van der Waals surface area contributed by atoms with Crippen LogP contribution in [0.25, 0.3) is 22.4 Å². The van der Waals surface area contributed by atoms with Crippen LogP contribution >= 0.6 is 11.3 Å². The van der Waals surface area contributed by atoms with Gasteiger partial charge in [0.05, 0.1) is 11.2 Å². The first-order chi connectivity index (χ1) is 14.7. The zero-order chi connectivity index (χ0) is 20.5. The Labute approximate surface area is 177 Å². The van der Waals surface area contributed by atoms with E-state index in [1.165, 1.54) is 39.9 Å². The molecule has 1 aliphatic carbocycles. The molecule has 7 heteroatoms. The van der Waals surface area contributed by atoms with Gasteiger partial charge in [0.2, 0.25) is 5.91 Å². The third kappa shape index (κ3) is 3.68. The summed E-state index contributed by atoms with van der Waals surface area (Å²) < 4.78 is 6.69. The van der Waals surface area contributed by atoms with Crippen LogP contribution in [0.5, 0.6) is 0 Å². The highest BCUT2D eigenvalue weighted by Crippen LogP contribution is 2.29. The summed E-state index contributed by atoms with van der Waals surface area (Å²) in [5.74, 6) is -0.633. The van der Waals surface area contributed by atoms with Crippen molar-refractivity contribution in [1.29, 1.82) is 0 Å². The topological polar surface area (TPSA) is 77.1 Å². The largest absolute Gasteiger partial charge is 0.419 e. The number of rotatable bonds is 5. The van der Waals surface area contributed by atoms with E-state index in [1.54, 1.807) is 6.07 Å². The molecule has 0 aliphatic heterocycles. The van der Waals surface area contributed by atoms with E-state index < -0.39 is 5.76 Å². The normalized spacial score (nSPS) is 13.3. The molecule has 0 radical (unpaired) electrons. The average Bonchev–Trinajstić information content (AvgIpc) is 3.35. The number of carbonyl (C=O) groups is 1. The molecule has 0 bridgehead atoms. The molecule has 0 saturated heterocycles. The number of amides is 1. The predicted octanol–water partition coefficient (Wildman–Crippen LogP) is 4.63. The molecule has 1 amide bonds. The molecule has 1 aliphatic rings. The van der Waals surface area contributed by atoms with E-state index in [2.05, 4.69) is 28.5 Å². The molecule has 6 nitrogen and oxygen atoms in total. The number of nitrogens with zero attached hydrogens (tertiary/aromatic N) is 2. The highest BCUT2D eigenvalue weighted by Gasteiger charge is 2.14. The lowest BCUT2D eigenvalue weighted by molar-refractivity contribution is -0.116. The number of fused-ring (bicyclic) bond motifs is 2. The van der Waals surface area contributed by atoms with Gasteiger partial charge in [-0.25, -0.2) is 9.78 Å². The van der Waals surface area contributed by atoms with Crippen molar-refractivity contribution >= 4 is 33.5 Å². The predicted molar refractivity (Wildman–Crippen MR) is 118 cm³/mol. The minimum Gasteiger partial charge on any atom is -0.408 e. The standard InChI is InChI=1S/C23H21N3O3S/c27-21(11-12-26-19-7-3-4-8-20(19)29-23(26)28)25-22-24-18(14-30-22)17-10-9-15-5-1-2-6-16(15)13-17/h3-4,7-10,13-14H,1-2,5-6,11-12H2,(H,24,25,27). The molecule has 5 rings (SSSR count). The van der Waals surface area contributed by atoms with Crippen LogP contribution in [0.1, 0.15) is 30.4 Å². The minimum atomic E-state index is -0.451. The number of benzene rings is 2. The number of anilines is 1. The van der Waals surface area contributed by atoms with E-state index in [1.807, 2.05) is 23.6 Å². The second kappa shape index (κ2) is 7.91. The summed E-state index contributed by atoms with van der Waals surface area (Å²) >= 11 is 1.41. The summed E-state index contributed by atoms with van der Waals surface area (Å²) in [6, 6.07) is 13.7. The molecule has 30 heavy (non-hydrogen) atoms. The first kappa shape index (κ1) is 18.8. The number of hydrogen-bond acceptors (Lipinski definition) is 5. The van der Waals surface area contributed by atoms with Crippen molar-refractivity contribution in [3.05, 3.63) is 69.5 Å². The number of oxazole rings is 1. The number of hydrogen-bond donors (Lipinski definition) is 1. The fourth-order valence-corrected chi connectivity index (χ4v) is 4.71. The van der Waals surface area contributed by atoms with E-state index in [-0.39, 0.29) is 18.9 Å². The number of para-hydroxylation sites is 2. The van der Waals surface area contributed by atoms with Crippen LogP contribution in [-0.2, 0) is 24.2 Å². The van der Waals surface area contributed by atoms with E-state index in [0.717, 1.165) is 24.1 Å². The molecule has 4 aromatic rings. The van der Waals surface area contributed by atoms with E-state index in [0.29, 0.717) is 16.2 Å². The highest BCUT2D eigenvalue weighted by molar-refractivity contribution is 7.14. The van der Waals surface area contributed by atoms with Crippen molar-refractivity contribution in [2.75, 3.05) is 5.32 Å². The van der Waals surface area contributed by atoms with Gasteiger partial charge in [0.15, 0.2) is 10.7 Å². The smallest absolute Gasteiger partial charge is 0.408 e. The van der Waals surface area contributed by atoms with Gasteiger partial charge in [-0.15, -0.1) is 11.3 Å². The summed E-state index contributed by atoms with van der Waals surface area (Å²) in [6.45, 7) is 0.255. The van der Waals surface area contributed by atoms with Crippen molar-refractivity contribution in [3.63, 3.8) is 0 Å². The second-order valence-corrected chi connectivity index (χ2v) is 8.37. The number of carbonyl (C=O) groups excluding carboxylic acids is 1. The molecule has 152 valence electrons. The van der Waals surface area contributed by atoms with Crippen LogP contribution in [0.2, 0.25) is 0 Å². The van der Waals surface area contributed by atoms with Crippen LogP contribution in [0.4, 0.5) is 5.13 Å². The lowest BCUT2D eigenvalue weighted by Crippen LogP contribution is -2.19. The summed E-state index contributed by atoms with van der Waals surface area (Å²) in [6.07, 6.45) is 4.95. The quantitative estimate of drug-likeness (QED) is 0.512. The zero-order valence-electron chi connectivity index (χ0n) is 16.4. The Kier molecular flexibility index (Phi) is 4.96. The molecular formula is C23H21N3O3S. The average molecular weight is 420 g/mol. The van der Waals surface area contributed by atoms with Crippen molar-refractivity contribution in [2.45, 2.75) is 38.6 Å². The number of nitrogens with one attached hydrogen (secondary N) is 1. The van der Waals surface area contributed by atoms with Gasteiger partial charge < -0.3 is 9.73 Å². The number of thiazole rings is 1. The van der Waals surface area contributed by atoms with Crippen LogP contribution in [0.3, 0.4) is 0 Å². The Bertz CT molecular complexity index is 1280. The Balaban J connectivity index is 1.25. The number of aromatic nitrogens is 2. The lowest BCUT2D eigenvalue weighted by atomic mass is 9.90. The van der Waals surface area contributed by atoms with Crippen LogP contribution < -0.4 is 11.1 Å². The molecular weight excluding hydrogens is 398 g/mol. The Morgan fingerprint density at radius 1 is 1.13 bits per heavy atom. The van der Waals surface area contributed by atoms with E-state index in [4.69, 9.17) is 4.42 Å². The minimum absolute atomic E-state index is 0.164. The molecule has 2 heterocycles. The van der Waals surface area contributed by atoms with E-state index >= 15 is 0 Å². The van der Waals surface area contributed by atoms with Gasteiger partial charge in [-0.1, -0.05) is 24.3 Å². The lowest BCUT2D eigenvalue weighted by Gasteiger charge is -2.16. The third-order valence-corrected chi connectivity index (χ3v) is 6.29. The Hall–Kier alpha value is -3.19. The van der Waals surface area contributed by atoms with Crippen molar-refractivity contribution in [2.24, 2.45) is 0 Å². The summed E-state index contributed by atoms with van der Waals surface area (Å²) in [7, 11) is 0. The second-order valence-electron chi connectivity index (χ2n) is 7.51. The van der Waals surface area contributed by atoms with Crippen molar-refractivity contribution < 1.29 is 9.21 Å². The molecule has 0 saturated carbocycles. The van der Waals surface area contributed by atoms with Gasteiger partial charge >= 0.3 is 5.76 Å². The summed E-state index contributed by atoms with van der Waals surface area (Å²) in [4.78, 5) is 29.0. The van der Waals surface area contributed by atoms with Crippen LogP contribution in [0.15, 0.2) is 57.1 Å². The Morgan fingerprint density at radius 3 is 2.87 bits per heavy atom. The fourth-order valence-electron chi connectivity index (χ4n) is 3.98. The Morgan fingerprint density at radius 2 is 1.97 bits per heavy atom. The van der Waals surface area contributed by atoms with Gasteiger partial charge in [-0.05, 0) is 55.0 Å². The monoisotopic (exact) mass is 419 g/mol. The third-order valence-electron chi connectivity index (χ3n) is 5.53. The molecule has 0 spiro atoms. The first-order valence-corrected chi connectivity index (χ1v) is 11.0. The zero-order valence-corrected chi connectivity index (χ0v) is 17.2. The van der Waals surface area contributed by atoms with Crippen LogP contribution in [0, 0.1) is 0 Å². The molecule has 2 aromatic carbocycles. The van der Waals surface area contributed by atoms with Crippen molar-refractivity contribution in [3.8, 4) is 11.3 Å². The number of aryl methyl sites for hydroxylation is 3. The van der Waals surface area contributed by atoms with Gasteiger partial charge in [0.25, 0.3) is 0 Å². The van der Waals surface area contributed by atoms with Gasteiger partial charge in [0.1, 0.15) is 0 Å². The summed E-state index contributed by atoms with van der Waals surface area (Å²) in [5, 5.41) is 5.38. The maximum absolute atomic E-state index is 12.4. The maximum atomic E-state index is 12.4. The van der Waals surface area contributed by atoms with Crippen LogP contribution in [-0.4, -0.2) is 15.5 Å². The molecule has 0 unspecified atom stereocenters. The van der Waals surface area contributed by atoms with Gasteiger partial charge in [-0.2, -0.15) is 0 Å². The summed E-state index contributed by atoms with van der Waals surface area (Å²) in [5.41, 5.74) is 6.03. The molecule has 0 fully saturated rings. The molecule has 1 N–H and O–H groups in total. The van der Waals surface area contributed by atoms with E-state index in [9.17, 15) is 9.59 Å². The maximum Gasteiger partial charge on any atom is 0.419 e. The first-order valence-electron chi connectivity index (χ1n) is 10.1. The van der Waals surface area contributed by atoms with Crippen molar-refractivity contribution in [1.82, 2.24) is 9.55 Å². The molecule has 2 aromatic heterocycles. The molecule has 0 atom stereocenters. The SMILES string of the molecule is O=C(CCn1c(=O)oc2ccccc21)Nc1nc(-c2ccc3c(c2)CCCC3)cs1. The van der Waals surface area contributed by atoms with Gasteiger partial charge in [0, 0.05) is 23.9 Å². The van der Waals surface area contributed by atoms with Gasteiger partial charge in [-0.3, -0.25) is 9.36 Å². The fraction of sp³-hybridized carbons (Fsp3) is 0.261.